The predicted octanol–water partition coefficient (Wildman–Crippen LogP) is 2.01. The van der Waals surface area contributed by atoms with Crippen molar-refractivity contribution in [2.45, 2.75) is 32.9 Å². The highest BCUT2D eigenvalue weighted by Gasteiger charge is 2.17. The SMILES string of the molecule is CCn1cc(C(=O)O)c(=O)c2cc(F)c(NCC(C)(C)N)cc21. The van der Waals surface area contributed by atoms with Crippen LogP contribution >= 0.6 is 0 Å². The van der Waals surface area contributed by atoms with Crippen molar-refractivity contribution in [3.05, 3.63) is 39.9 Å². The quantitative estimate of drug-likeness (QED) is 0.782. The van der Waals surface area contributed by atoms with E-state index in [0.717, 1.165) is 6.07 Å². The molecule has 0 aliphatic carbocycles. The molecule has 1 aromatic heterocycles. The van der Waals surface area contributed by atoms with Crippen LogP contribution in [0.15, 0.2) is 23.1 Å². The van der Waals surface area contributed by atoms with Crippen LogP contribution in [0, 0.1) is 5.82 Å². The molecule has 7 heteroatoms. The normalized spacial score (nSPS) is 11.7. The van der Waals surface area contributed by atoms with E-state index in [0.29, 0.717) is 18.6 Å². The first kappa shape index (κ1) is 17.0. The molecule has 2 aromatic rings. The van der Waals surface area contributed by atoms with Gasteiger partial charge in [-0.25, -0.2) is 9.18 Å². The van der Waals surface area contributed by atoms with Crippen LogP contribution in [0.2, 0.25) is 0 Å². The number of carbonyl (C=O) groups is 1. The van der Waals surface area contributed by atoms with E-state index in [1.165, 1.54) is 12.3 Å². The number of anilines is 1. The van der Waals surface area contributed by atoms with E-state index in [1.807, 2.05) is 6.92 Å². The van der Waals surface area contributed by atoms with Crippen LogP contribution in [0.1, 0.15) is 31.1 Å². The molecule has 1 aromatic carbocycles. The number of carboxylic acid groups (broad SMARTS) is 1. The first-order valence-corrected chi connectivity index (χ1v) is 7.27. The topological polar surface area (TPSA) is 97.3 Å². The maximum Gasteiger partial charge on any atom is 0.341 e. The molecule has 0 saturated carbocycles. The number of nitrogens with zero attached hydrogens (tertiary/aromatic N) is 1. The lowest BCUT2D eigenvalue weighted by Gasteiger charge is -2.20. The molecule has 0 unspecified atom stereocenters. The molecule has 6 nitrogen and oxygen atoms in total. The third-order valence-electron chi connectivity index (χ3n) is 3.47. The number of aryl methyl sites for hydroxylation is 1. The standard InChI is InChI=1S/C16H20FN3O3/c1-4-20-7-10(15(22)23)14(21)9-5-11(17)12(6-13(9)20)19-8-16(2,3)18/h5-7,19H,4,8,18H2,1-3H3,(H,22,23). The number of aromatic nitrogens is 1. The second-order valence-electron chi connectivity index (χ2n) is 6.15. The summed E-state index contributed by atoms with van der Waals surface area (Å²) in [4.78, 5) is 23.4. The second-order valence-corrected chi connectivity index (χ2v) is 6.15. The van der Waals surface area contributed by atoms with Gasteiger partial charge in [0.15, 0.2) is 0 Å². The lowest BCUT2D eigenvalue weighted by atomic mass is 10.1. The van der Waals surface area contributed by atoms with Gasteiger partial charge in [-0.2, -0.15) is 0 Å². The minimum Gasteiger partial charge on any atom is -0.477 e. The van der Waals surface area contributed by atoms with Crippen LogP contribution in [0.5, 0.6) is 0 Å². The van der Waals surface area contributed by atoms with E-state index in [9.17, 15) is 14.0 Å². The molecule has 0 atom stereocenters. The fraction of sp³-hybridized carbons (Fsp3) is 0.375. The van der Waals surface area contributed by atoms with Crippen LogP contribution in [-0.2, 0) is 6.54 Å². The van der Waals surface area contributed by atoms with Gasteiger partial charge in [-0.05, 0) is 32.9 Å². The van der Waals surface area contributed by atoms with Crippen molar-refractivity contribution >= 4 is 22.6 Å². The molecule has 0 amide bonds. The molecule has 2 rings (SSSR count). The first-order chi connectivity index (χ1) is 10.6. The molecule has 124 valence electrons. The summed E-state index contributed by atoms with van der Waals surface area (Å²) in [7, 11) is 0. The van der Waals surface area contributed by atoms with Crippen LogP contribution in [0.4, 0.5) is 10.1 Å². The molecule has 1 heterocycles. The Bertz CT molecular complexity index is 822. The summed E-state index contributed by atoms with van der Waals surface area (Å²) in [5.74, 6) is -1.95. The van der Waals surface area contributed by atoms with Gasteiger partial charge in [0.2, 0.25) is 5.43 Å². The number of carboxylic acids is 1. The maximum absolute atomic E-state index is 14.2. The smallest absolute Gasteiger partial charge is 0.341 e. The number of halogens is 1. The zero-order chi connectivity index (χ0) is 17.4. The van der Waals surface area contributed by atoms with E-state index in [2.05, 4.69) is 5.32 Å². The molecular weight excluding hydrogens is 301 g/mol. The monoisotopic (exact) mass is 321 g/mol. The Kier molecular flexibility index (Phi) is 4.42. The highest BCUT2D eigenvalue weighted by Crippen LogP contribution is 2.22. The zero-order valence-corrected chi connectivity index (χ0v) is 13.3. The van der Waals surface area contributed by atoms with Gasteiger partial charge in [0.1, 0.15) is 11.4 Å². The number of pyridine rings is 1. The Morgan fingerprint density at radius 3 is 2.61 bits per heavy atom. The molecule has 4 N–H and O–H groups in total. The first-order valence-electron chi connectivity index (χ1n) is 7.27. The van der Waals surface area contributed by atoms with Gasteiger partial charge in [-0.15, -0.1) is 0 Å². The second kappa shape index (κ2) is 6.00. The minimum atomic E-state index is -1.33. The minimum absolute atomic E-state index is 0.0433. The molecule has 23 heavy (non-hydrogen) atoms. The Labute approximate surface area is 132 Å². The van der Waals surface area contributed by atoms with Crippen molar-refractivity contribution in [1.82, 2.24) is 4.57 Å². The molecule has 0 saturated heterocycles. The van der Waals surface area contributed by atoms with E-state index in [1.54, 1.807) is 18.4 Å². The summed E-state index contributed by atoms with van der Waals surface area (Å²) in [6, 6.07) is 2.58. The lowest BCUT2D eigenvalue weighted by molar-refractivity contribution is 0.0695. The highest BCUT2D eigenvalue weighted by molar-refractivity contribution is 5.93. The Morgan fingerprint density at radius 2 is 2.09 bits per heavy atom. The Balaban J connectivity index is 2.65. The van der Waals surface area contributed by atoms with Crippen molar-refractivity contribution in [2.24, 2.45) is 5.73 Å². The van der Waals surface area contributed by atoms with E-state index in [-0.39, 0.29) is 16.6 Å². The number of hydrogen-bond acceptors (Lipinski definition) is 4. The van der Waals surface area contributed by atoms with E-state index in [4.69, 9.17) is 10.8 Å². The fourth-order valence-corrected chi connectivity index (χ4v) is 2.28. The summed E-state index contributed by atoms with van der Waals surface area (Å²) in [6.07, 6.45) is 1.28. The van der Waals surface area contributed by atoms with Crippen molar-refractivity contribution < 1.29 is 14.3 Å². The number of nitrogens with two attached hydrogens (primary N) is 1. The van der Waals surface area contributed by atoms with Gasteiger partial charge in [-0.3, -0.25) is 4.79 Å². The number of hydrogen-bond donors (Lipinski definition) is 3. The molecule has 0 radical (unpaired) electrons. The van der Waals surface area contributed by atoms with Gasteiger partial charge in [0.25, 0.3) is 0 Å². The predicted molar refractivity (Wildman–Crippen MR) is 87.6 cm³/mol. The van der Waals surface area contributed by atoms with Gasteiger partial charge in [0, 0.05) is 30.2 Å². The third kappa shape index (κ3) is 3.50. The summed E-state index contributed by atoms with van der Waals surface area (Å²) in [5.41, 5.74) is 4.98. The zero-order valence-electron chi connectivity index (χ0n) is 13.3. The van der Waals surface area contributed by atoms with Crippen molar-refractivity contribution in [2.75, 3.05) is 11.9 Å². The number of fused-ring (bicyclic) bond motifs is 1. The number of nitrogens with one attached hydrogen (secondary N) is 1. The lowest BCUT2D eigenvalue weighted by Crippen LogP contribution is -2.39. The number of rotatable bonds is 5. The average Bonchev–Trinajstić information content (AvgIpc) is 2.45. The average molecular weight is 321 g/mol. The summed E-state index contributed by atoms with van der Waals surface area (Å²) in [6.45, 7) is 6.22. The van der Waals surface area contributed by atoms with E-state index >= 15 is 0 Å². The van der Waals surface area contributed by atoms with Gasteiger partial charge in [-0.1, -0.05) is 0 Å². The highest BCUT2D eigenvalue weighted by atomic mass is 19.1. The van der Waals surface area contributed by atoms with Gasteiger partial charge < -0.3 is 20.7 Å². The molecule has 0 spiro atoms. The van der Waals surface area contributed by atoms with Crippen molar-refractivity contribution in [3.63, 3.8) is 0 Å². The fourth-order valence-electron chi connectivity index (χ4n) is 2.28. The Hall–Kier alpha value is -2.41. The summed E-state index contributed by atoms with van der Waals surface area (Å²) < 4.78 is 15.9. The maximum atomic E-state index is 14.2. The van der Waals surface area contributed by atoms with Crippen LogP contribution < -0.4 is 16.5 Å². The molecule has 0 bridgehead atoms. The van der Waals surface area contributed by atoms with Crippen LogP contribution in [0.25, 0.3) is 10.9 Å². The van der Waals surface area contributed by atoms with Crippen molar-refractivity contribution in [1.29, 1.82) is 0 Å². The van der Waals surface area contributed by atoms with Gasteiger partial charge in [0.05, 0.1) is 11.2 Å². The van der Waals surface area contributed by atoms with Gasteiger partial charge >= 0.3 is 5.97 Å². The molecule has 0 aliphatic rings. The largest absolute Gasteiger partial charge is 0.477 e. The van der Waals surface area contributed by atoms with Crippen LogP contribution in [0.3, 0.4) is 0 Å². The molecule has 0 aliphatic heterocycles. The van der Waals surface area contributed by atoms with Crippen molar-refractivity contribution in [3.8, 4) is 0 Å². The summed E-state index contributed by atoms with van der Waals surface area (Å²) in [5, 5.41) is 12.1. The number of benzene rings is 1. The molecule has 0 fully saturated rings. The number of aromatic carboxylic acids is 1. The van der Waals surface area contributed by atoms with E-state index < -0.39 is 22.8 Å². The Morgan fingerprint density at radius 1 is 1.43 bits per heavy atom. The van der Waals surface area contributed by atoms with Crippen LogP contribution in [-0.4, -0.2) is 27.7 Å². The summed E-state index contributed by atoms with van der Waals surface area (Å²) >= 11 is 0. The third-order valence-corrected chi connectivity index (χ3v) is 3.47. The molecular formula is C16H20FN3O3.